The van der Waals surface area contributed by atoms with E-state index in [1.165, 1.54) is 24.3 Å². The molecule has 86 valence electrons. The average Bonchev–Trinajstić information content (AvgIpc) is 2.77. The number of rotatable bonds is 3. The topological polar surface area (TPSA) is 63.3 Å². The summed E-state index contributed by atoms with van der Waals surface area (Å²) in [6, 6.07) is 7.48. The lowest BCUT2D eigenvalue weighted by molar-refractivity contribution is 0.0685. The fourth-order valence-corrected chi connectivity index (χ4v) is 1.25. The Balaban J connectivity index is 2.20. The fraction of sp³-hybridized carbons (Fsp3) is 0. The molecule has 0 unspecified atom stereocenters. The van der Waals surface area contributed by atoms with Crippen LogP contribution in [-0.4, -0.2) is 16.2 Å². The summed E-state index contributed by atoms with van der Waals surface area (Å²) in [5, 5.41) is 12.0. The Labute approximate surface area is 96.0 Å². The van der Waals surface area contributed by atoms with Crippen molar-refractivity contribution in [1.82, 2.24) is 5.16 Å². The van der Waals surface area contributed by atoms with Gasteiger partial charge in [0.1, 0.15) is 5.82 Å². The van der Waals surface area contributed by atoms with Crippen molar-refractivity contribution >= 4 is 18.1 Å². The Morgan fingerprint density at radius 3 is 2.76 bits per heavy atom. The number of halogens is 1. The summed E-state index contributed by atoms with van der Waals surface area (Å²) in [5.41, 5.74) is 0.207. The van der Waals surface area contributed by atoms with Crippen molar-refractivity contribution in [1.29, 1.82) is 0 Å². The average molecular weight is 233 g/mol. The van der Waals surface area contributed by atoms with E-state index in [9.17, 15) is 9.18 Å². The third kappa shape index (κ3) is 2.57. The first-order chi connectivity index (χ1) is 8.16. The number of benzene rings is 1. The van der Waals surface area contributed by atoms with E-state index in [0.29, 0.717) is 5.56 Å². The molecule has 1 aromatic carbocycles. The van der Waals surface area contributed by atoms with Crippen molar-refractivity contribution in [2.45, 2.75) is 0 Å². The van der Waals surface area contributed by atoms with Gasteiger partial charge in [0.15, 0.2) is 11.5 Å². The molecule has 0 aliphatic carbocycles. The number of aromatic carboxylic acids is 1. The molecule has 0 radical (unpaired) electrons. The smallest absolute Gasteiger partial charge is 0.358 e. The fourth-order valence-electron chi connectivity index (χ4n) is 1.25. The summed E-state index contributed by atoms with van der Waals surface area (Å²) in [7, 11) is 0. The Kier molecular flexibility index (Phi) is 3.00. The zero-order valence-electron chi connectivity index (χ0n) is 8.63. The lowest BCUT2D eigenvalue weighted by Crippen LogP contribution is -1.94. The number of carbonyl (C=O) groups is 1. The highest BCUT2D eigenvalue weighted by Gasteiger charge is 2.08. The van der Waals surface area contributed by atoms with Crippen LogP contribution in [0.25, 0.3) is 12.2 Å². The van der Waals surface area contributed by atoms with E-state index in [0.717, 1.165) is 0 Å². The summed E-state index contributed by atoms with van der Waals surface area (Å²) in [6.45, 7) is 0. The lowest BCUT2D eigenvalue weighted by atomic mass is 10.2. The maximum atomic E-state index is 13.2. The first-order valence-corrected chi connectivity index (χ1v) is 4.79. The van der Waals surface area contributed by atoms with Crippen molar-refractivity contribution in [3.05, 3.63) is 53.2 Å². The van der Waals surface area contributed by atoms with Gasteiger partial charge in [-0.25, -0.2) is 9.18 Å². The SMILES string of the molecule is O=C(O)c1cc(C=Cc2ccccc2F)on1. The van der Waals surface area contributed by atoms with Gasteiger partial charge in [-0.2, -0.15) is 0 Å². The van der Waals surface area contributed by atoms with Crippen molar-refractivity contribution < 1.29 is 18.8 Å². The van der Waals surface area contributed by atoms with Crippen molar-refractivity contribution in [3.63, 3.8) is 0 Å². The van der Waals surface area contributed by atoms with Gasteiger partial charge in [0, 0.05) is 11.6 Å². The highest BCUT2D eigenvalue weighted by Crippen LogP contribution is 2.12. The van der Waals surface area contributed by atoms with Crippen LogP contribution in [0.2, 0.25) is 0 Å². The third-order valence-electron chi connectivity index (χ3n) is 2.08. The third-order valence-corrected chi connectivity index (χ3v) is 2.08. The number of carboxylic acids is 1. The molecule has 1 aromatic heterocycles. The second kappa shape index (κ2) is 4.61. The normalized spacial score (nSPS) is 10.9. The molecular formula is C12H8FNO3. The molecule has 0 fully saturated rings. The van der Waals surface area contributed by atoms with Crippen molar-refractivity contribution in [2.24, 2.45) is 0 Å². The van der Waals surface area contributed by atoms with Crippen LogP contribution in [0.15, 0.2) is 34.9 Å². The minimum absolute atomic E-state index is 0.182. The van der Waals surface area contributed by atoms with Crippen LogP contribution < -0.4 is 0 Å². The van der Waals surface area contributed by atoms with Gasteiger partial charge < -0.3 is 9.63 Å². The number of aromatic nitrogens is 1. The van der Waals surface area contributed by atoms with E-state index >= 15 is 0 Å². The van der Waals surface area contributed by atoms with Crippen LogP contribution >= 0.6 is 0 Å². The molecule has 1 heterocycles. The van der Waals surface area contributed by atoms with Crippen LogP contribution in [0.1, 0.15) is 21.8 Å². The van der Waals surface area contributed by atoms with E-state index in [1.54, 1.807) is 18.2 Å². The first kappa shape index (κ1) is 11.1. The van der Waals surface area contributed by atoms with Gasteiger partial charge in [-0.15, -0.1) is 0 Å². The highest BCUT2D eigenvalue weighted by molar-refractivity contribution is 5.86. The number of carboxylic acid groups (broad SMARTS) is 1. The van der Waals surface area contributed by atoms with Gasteiger partial charge in [-0.1, -0.05) is 23.4 Å². The van der Waals surface area contributed by atoms with Gasteiger partial charge in [0.05, 0.1) is 0 Å². The Bertz CT molecular complexity index is 575. The van der Waals surface area contributed by atoms with Crippen LogP contribution in [0, 0.1) is 5.82 Å². The Morgan fingerprint density at radius 1 is 1.35 bits per heavy atom. The summed E-state index contributed by atoms with van der Waals surface area (Å²) in [5.74, 6) is -1.27. The van der Waals surface area contributed by atoms with E-state index < -0.39 is 5.97 Å². The molecule has 17 heavy (non-hydrogen) atoms. The largest absolute Gasteiger partial charge is 0.476 e. The highest BCUT2D eigenvalue weighted by atomic mass is 19.1. The van der Waals surface area contributed by atoms with E-state index in [4.69, 9.17) is 9.63 Å². The van der Waals surface area contributed by atoms with E-state index in [-0.39, 0.29) is 17.3 Å². The molecule has 0 aliphatic rings. The van der Waals surface area contributed by atoms with Crippen molar-refractivity contribution in [3.8, 4) is 0 Å². The molecule has 0 bridgehead atoms. The maximum Gasteiger partial charge on any atom is 0.358 e. The van der Waals surface area contributed by atoms with Crippen LogP contribution in [0.4, 0.5) is 4.39 Å². The molecule has 0 aliphatic heterocycles. The van der Waals surface area contributed by atoms with Gasteiger partial charge in [0.25, 0.3) is 0 Å². The van der Waals surface area contributed by atoms with Crippen molar-refractivity contribution in [2.75, 3.05) is 0 Å². The van der Waals surface area contributed by atoms with Gasteiger partial charge in [-0.05, 0) is 18.2 Å². The number of hydrogen-bond acceptors (Lipinski definition) is 3. The summed E-state index contributed by atoms with van der Waals surface area (Å²) >= 11 is 0. The summed E-state index contributed by atoms with van der Waals surface area (Å²) in [4.78, 5) is 10.5. The van der Waals surface area contributed by atoms with Gasteiger partial charge in [-0.3, -0.25) is 0 Å². The molecule has 2 aromatic rings. The summed E-state index contributed by atoms with van der Waals surface area (Å²) in [6.07, 6.45) is 2.94. The lowest BCUT2D eigenvalue weighted by Gasteiger charge is -1.93. The van der Waals surface area contributed by atoms with E-state index in [1.807, 2.05) is 0 Å². The molecule has 0 atom stereocenters. The molecule has 0 saturated heterocycles. The molecule has 0 spiro atoms. The summed E-state index contributed by atoms with van der Waals surface area (Å²) < 4.78 is 18.0. The second-order valence-electron chi connectivity index (χ2n) is 3.27. The van der Waals surface area contributed by atoms with Crippen LogP contribution in [0.5, 0.6) is 0 Å². The Hall–Kier alpha value is -2.43. The molecule has 5 heteroatoms. The molecular weight excluding hydrogens is 225 g/mol. The standard InChI is InChI=1S/C12H8FNO3/c13-10-4-2-1-3-8(10)5-6-9-7-11(12(15)16)14-17-9/h1-7H,(H,15,16). The number of nitrogens with zero attached hydrogens (tertiary/aromatic N) is 1. The molecule has 0 saturated carbocycles. The molecule has 1 N–H and O–H groups in total. The maximum absolute atomic E-state index is 13.2. The quantitative estimate of drug-likeness (QED) is 0.885. The zero-order chi connectivity index (χ0) is 12.3. The first-order valence-electron chi connectivity index (χ1n) is 4.79. The predicted molar refractivity (Wildman–Crippen MR) is 58.8 cm³/mol. The predicted octanol–water partition coefficient (Wildman–Crippen LogP) is 2.68. The molecule has 4 nitrogen and oxygen atoms in total. The minimum Gasteiger partial charge on any atom is -0.476 e. The Morgan fingerprint density at radius 2 is 2.12 bits per heavy atom. The zero-order valence-corrected chi connectivity index (χ0v) is 8.63. The van der Waals surface area contributed by atoms with Gasteiger partial charge in [0.2, 0.25) is 0 Å². The minimum atomic E-state index is -1.17. The second-order valence-corrected chi connectivity index (χ2v) is 3.27. The molecule has 2 rings (SSSR count). The van der Waals surface area contributed by atoms with Gasteiger partial charge >= 0.3 is 5.97 Å². The van der Waals surface area contributed by atoms with E-state index in [2.05, 4.69) is 5.16 Å². The number of hydrogen-bond donors (Lipinski definition) is 1. The monoisotopic (exact) mass is 233 g/mol. The van der Waals surface area contributed by atoms with Crippen LogP contribution in [0.3, 0.4) is 0 Å². The molecule has 0 amide bonds. The van der Waals surface area contributed by atoms with Crippen LogP contribution in [-0.2, 0) is 0 Å².